The van der Waals surface area contributed by atoms with E-state index in [1.807, 2.05) is 0 Å². The molecule has 37 heteroatoms. The Hall–Kier alpha value is 0.290. The van der Waals surface area contributed by atoms with Crippen molar-refractivity contribution in [1.82, 2.24) is 0 Å². The number of hydrogen-bond acceptors (Lipinski definition) is 7. The summed E-state index contributed by atoms with van der Waals surface area (Å²) >= 11 is 0. The average Bonchev–Trinajstić information content (AvgIpc) is 1.82. The van der Waals surface area contributed by atoms with Gasteiger partial charge >= 0.3 is 88.7 Å². The molecule has 0 aromatic carbocycles. The number of hydrogen-bond donors (Lipinski definition) is 1. The molecule has 34 nitrogen and oxygen atoms in total. The molecule has 0 bridgehead atoms. The minimum absolute atomic E-state index is 0. The van der Waals surface area contributed by atoms with Crippen LogP contribution in [0.15, 0.2) is 0 Å². The minimum atomic E-state index is -2.97. The van der Waals surface area contributed by atoms with E-state index in [1.54, 1.807) is 0 Å². The van der Waals surface area contributed by atoms with Gasteiger partial charge in [-0.15, -0.1) is 0 Å². The Morgan fingerprint density at radius 3 is 0.488 bits per heavy atom. The fourth-order valence-electron chi connectivity index (χ4n) is 0.684. The summed E-state index contributed by atoms with van der Waals surface area (Å²) in [5.74, 6) is -5.98. The molecular formula is C6H59Na3O34. The van der Waals surface area contributed by atoms with Gasteiger partial charge in [0.2, 0.25) is 0 Å². The molecule has 290 valence electrons. The summed E-state index contributed by atoms with van der Waals surface area (Å²) in [5, 5.41) is 38.9. The van der Waals surface area contributed by atoms with Gasteiger partial charge in [-0.3, -0.25) is 0 Å². The van der Waals surface area contributed by atoms with E-state index in [0.717, 1.165) is 0 Å². The van der Waals surface area contributed by atoms with Gasteiger partial charge in [-0.2, -0.15) is 0 Å². The van der Waals surface area contributed by atoms with Gasteiger partial charge in [0, 0.05) is 24.8 Å². The van der Waals surface area contributed by atoms with Crippen LogP contribution in [-0.4, -0.2) is 176 Å². The third kappa shape index (κ3) is 259. The first-order chi connectivity index (χ1) is 5.78. The predicted molar refractivity (Wildman–Crippen MR) is 127 cm³/mol. The topological polar surface area (TPSA) is 991 Å². The monoisotopic (exact) mass is 744 g/mol. The molecule has 0 unspecified atom stereocenters. The van der Waals surface area contributed by atoms with E-state index < -0.39 is 36.4 Å². The molecule has 43 heavy (non-hydrogen) atoms. The van der Waals surface area contributed by atoms with Crippen molar-refractivity contribution in [3.8, 4) is 0 Å². The van der Waals surface area contributed by atoms with E-state index in [-0.39, 0.29) is 237 Å². The first kappa shape index (κ1) is 513. The van der Waals surface area contributed by atoms with Crippen molar-refractivity contribution < 1.29 is 271 Å². The van der Waals surface area contributed by atoms with Crippen LogP contribution >= 0.6 is 0 Å². The van der Waals surface area contributed by atoms with Crippen LogP contribution in [0.3, 0.4) is 0 Å². The van der Waals surface area contributed by atoms with Crippen LogP contribution in [0.5, 0.6) is 0 Å². The zero-order valence-corrected chi connectivity index (χ0v) is 28.8. The second-order valence-electron chi connectivity index (χ2n) is 2.42. The van der Waals surface area contributed by atoms with E-state index in [2.05, 4.69) is 0 Å². The Bertz CT molecular complexity index is 255. The van der Waals surface area contributed by atoms with Gasteiger partial charge in [0.15, 0.2) is 0 Å². The van der Waals surface area contributed by atoms with E-state index in [4.69, 9.17) is 5.11 Å². The maximum atomic E-state index is 10.1. The Labute approximate surface area is 305 Å². The van der Waals surface area contributed by atoms with Crippen LogP contribution in [0.25, 0.3) is 0 Å². The summed E-state index contributed by atoms with van der Waals surface area (Å²) in [6.45, 7) is 0. The number of carboxylic acid groups (broad SMARTS) is 3. The minimum Gasteiger partial charge on any atom is -0.550 e. The third-order valence-electron chi connectivity index (χ3n) is 1.25. The Balaban J connectivity index is -0.00000000166. The van der Waals surface area contributed by atoms with Gasteiger partial charge in [-0.05, 0) is 0 Å². The largest absolute Gasteiger partial charge is 1.00 e. The second-order valence-corrected chi connectivity index (χ2v) is 2.42. The summed E-state index contributed by atoms with van der Waals surface area (Å²) in [6.07, 6.45) is -2.72. The van der Waals surface area contributed by atoms with Crippen molar-refractivity contribution in [3.63, 3.8) is 0 Å². The summed E-state index contributed by atoms with van der Waals surface area (Å²) in [5.41, 5.74) is -2.97. The molecule has 0 aromatic heterocycles. The molecule has 0 rings (SSSR count). The quantitative estimate of drug-likeness (QED) is 0.265. The number of carbonyl (C=O) groups is 3. The third-order valence-corrected chi connectivity index (χ3v) is 1.25. The van der Waals surface area contributed by atoms with Gasteiger partial charge in [0.1, 0.15) is 5.60 Å². The van der Waals surface area contributed by atoms with Crippen LogP contribution in [0.2, 0.25) is 0 Å². The number of rotatable bonds is 5. The molecule has 55 N–H and O–H groups in total. The summed E-state index contributed by atoms with van der Waals surface area (Å²) in [4.78, 5) is 30.0. The van der Waals surface area contributed by atoms with Gasteiger partial charge in [-0.25, -0.2) is 0 Å². The molecule has 0 radical (unpaired) electrons. The first-order valence-electron chi connectivity index (χ1n) is 3.11. The molecule has 0 aliphatic carbocycles. The Kier molecular flexibility index (Phi) is 2870. The number of aliphatic hydroxyl groups is 1. The maximum absolute atomic E-state index is 10.1. The Morgan fingerprint density at radius 1 is 0.349 bits per heavy atom. The van der Waals surface area contributed by atoms with Crippen molar-refractivity contribution in [2.24, 2.45) is 0 Å². The predicted octanol–water partition coefficient (Wildman–Crippen LogP) is -36.5. The van der Waals surface area contributed by atoms with Crippen molar-refractivity contribution in [2.45, 2.75) is 18.4 Å². The molecule has 0 heterocycles. The summed E-state index contributed by atoms with van der Waals surface area (Å²) in [6, 6.07) is 0. The molecule has 0 atom stereocenters. The normalized spacial score (nSPS) is 3.28. The van der Waals surface area contributed by atoms with E-state index >= 15 is 0 Å². The van der Waals surface area contributed by atoms with Crippen molar-refractivity contribution >= 4 is 17.9 Å². The fourth-order valence-corrected chi connectivity index (χ4v) is 0.684. The van der Waals surface area contributed by atoms with E-state index in [1.165, 1.54) is 0 Å². The SMILES string of the molecule is O.O.O.O.O.O.O.O.O.O.O.O.O.O.O.O.O.O.O.O.O.O.O.O.O.O.O.O=C([O-])CC(O)(CC(=O)[O-])C(=O)[O-].[Na+].[Na+].[Na+]. The smallest absolute Gasteiger partial charge is 0.550 e. The van der Waals surface area contributed by atoms with Gasteiger partial charge in [-0.1, -0.05) is 0 Å². The average molecular weight is 744 g/mol. The van der Waals surface area contributed by atoms with Crippen molar-refractivity contribution in [2.75, 3.05) is 0 Å². The summed E-state index contributed by atoms with van der Waals surface area (Å²) in [7, 11) is 0. The number of aliphatic carboxylic acids is 3. The zero-order valence-electron chi connectivity index (χ0n) is 22.8. The molecule has 0 amide bonds. The zero-order chi connectivity index (χ0) is 10.6. The van der Waals surface area contributed by atoms with Crippen molar-refractivity contribution in [3.05, 3.63) is 0 Å². The van der Waals surface area contributed by atoms with Crippen LogP contribution in [0, 0.1) is 0 Å². The van der Waals surface area contributed by atoms with Gasteiger partial charge < -0.3 is 183 Å². The molecule has 0 saturated carbocycles. The number of carboxylic acids is 3. The molecule has 0 aliphatic heterocycles. The maximum Gasteiger partial charge on any atom is 1.00 e. The fraction of sp³-hybridized carbons (Fsp3) is 0.500. The van der Waals surface area contributed by atoms with Crippen molar-refractivity contribution in [1.29, 1.82) is 0 Å². The standard InChI is InChI=1S/C6H8O7.3Na.27H2O/c7-3(8)1-6(13,5(11)12)2-4(9)10;;;;;;;;;;;;;;;;;;;;;;;;;;;;;;/h13H,1-2H2,(H,7,8)(H,9,10)(H,11,12);;;;27*1H2/q;3*+1;;;;;;;;;;;;;;;;;;;;;;;;;;;/p-3. The molecular weight excluding hydrogens is 685 g/mol. The van der Waals surface area contributed by atoms with Crippen LogP contribution in [0.4, 0.5) is 0 Å². The van der Waals surface area contributed by atoms with Crippen LogP contribution in [-0.2, 0) is 14.4 Å². The van der Waals surface area contributed by atoms with Crippen LogP contribution in [0.1, 0.15) is 12.8 Å². The first-order valence-corrected chi connectivity index (χ1v) is 3.11. The molecule has 0 spiro atoms. The number of carbonyl (C=O) groups excluding carboxylic acids is 3. The molecule has 0 aromatic rings. The molecule has 0 aliphatic rings. The van der Waals surface area contributed by atoms with Gasteiger partial charge in [0.05, 0.1) is 5.97 Å². The second kappa shape index (κ2) is 241. The Morgan fingerprint density at radius 2 is 0.442 bits per heavy atom. The summed E-state index contributed by atoms with van der Waals surface area (Å²) < 4.78 is 0. The molecule has 0 saturated heterocycles. The van der Waals surface area contributed by atoms with Gasteiger partial charge in [0.25, 0.3) is 0 Å². The molecule has 0 fully saturated rings. The van der Waals surface area contributed by atoms with Crippen LogP contribution < -0.4 is 104 Å². The van der Waals surface area contributed by atoms with E-state index in [0.29, 0.717) is 0 Å². The van der Waals surface area contributed by atoms with E-state index in [9.17, 15) is 29.7 Å².